The van der Waals surface area contributed by atoms with Gasteiger partial charge in [-0.3, -0.25) is 14.9 Å². The van der Waals surface area contributed by atoms with Gasteiger partial charge in [0.25, 0.3) is 0 Å². The van der Waals surface area contributed by atoms with Crippen LogP contribution in [0.5, 0.6) is 0 Å². The van der Waals surface area contributed by atoms with E-state index in [0.29, 0.717) is 5.56 Å². The predicted octanol–water partition coefficient (Wildman–Crippen LogP) is 3.39. The van der Waals surface area contributed by atoms with Gasteiger partial charge in [0.05, 0.1) is 11.2 Å². The lowest BCUT2D eigenvalue weighted by Crippen LogP contribution is -2.10. The zero-order chi connectivity index (χ0) is 16.5. The van der Waals surface area contributed by atoms with Gasteiger partial charge in [-0.05, 0) is 35.9 Å². The first-order chi connectivity index (χ1) is 11.7. The number of amides is 1. The topological polar surface area (TPSA) is 84.7 Å². The van der Waals surface area contributed by atoms with Crippen LogP contribution in [0.4, 0.5) is 0 Å². The molecule has 0 unspecified atom stereocenters. The zero-order valence-corrected chi connectivity index (χ0v) is 12.7. The zero-order valence-electron chi connectivity index (χ0n) is 12.7. The van der Waals surface area contributed by atoms with Crippen molar-refractivity contribution in [1.82, 2.24) is 15.2 Å². The molecule has 0 aliphatic rings. The van der Waals surface area contributed by atoms with Gasteiger partial charge in [0.1, 0.15) is 0 Å². The van der Waals surface area contributed by atoms with Crippen molar-refractivity contribution in [2.45, 2.75) is 0 Å². The minimum atomic E-state index is -0.451. The third kappa shape index (κ3) is 2.42. The minimum absolute atomic E-state index is 0.451. The Morgan fingerprint density at radius 3 is 2.62 bits per heavy atom. The number of carbonyl (C=O) groups is 1. The van der Waals surface area contributed by atoms with Crippen molar-refractivity contribution in [2.75, 3.05) is 0 Å². The number of aromatic nitrogens is 3. The Labute approximate surface area is 138 Å². The summed E-state index contributed by atoms with van der Waals surface area (Å²) in [6, 6.07) is 17.2. The summed E-state index contributed by atoms with van der Waals surface area (Å²) in [6.45, 7) is 0. The number of nitrogens with one attached hydrogen (secondary N) is 1. The van der Waals surface area contributed by atoms with Crippen LogP contribution in [0.2, 0.25) is 0 Å². The normalized spacial score (nSPS) is 10.8. The summed E-state index contributed by atoms with van der Waals surface area (Å²) in [7, 11) is 0. The van der Waals surface area contributed by atoms with Crippen molar-refractivity contribution in [3.8, 4) is 22.4 Å². The van der Waals surface area contributed by atoms with Gasteiger partial charge in [-0.2, -0.15) is 5.10 Å². The molecule has 4 aromatic rings. The lowest BCUT2D eigenvalue weighted by atomic mass is 10.0. The fraction of sp³-hybridized carbons (Fsp3) is 0. The summed E-state index contributed by atoms with van der Waals surface area (Å²) in [6.07, 6.45) is 3.58. The Bertz CT molecular complexity index is 1040. The number of rotatable bonds is 3. The molecule has 0 saturated heterocycles. The van der Waals surface area contributed by atoms with Crippen LogP contribution in [0.15, 0.2) is 67.0 Å². The molecule has 0 spiro atoms. The maximum atomic E-state index is 11.4. The molecule has 0 aliphatic heterocycles. The molecular formula is C19H14N4O. The summed E-state index contributed by atoms with van der Waals surface area (Å²) in [5.41, 5.74) is 10.5. The van der Waals surface area contributed by atoms with Gasteiger partial charge in [-0.1, -0.05) is 24.3 Å². The van der Waals surface area contributed by atoms with Gasteiger partial charge >= 0.3 is 0 Å². The Morgan fingerprint density at radius 2 is 1.83 bits per heavy atom. The fourth-order valence-corrected chi connectivity index (χ4v) is 2.77. The quantitative estimate of drug-likeness (QED) is 0.608. The van der Waals surface area contributed by atoms with Crippen LogP contribution < -0.4 is 5.73 Å². The maximum Gasteiger partial charge on any atom is 0.248 e. The number of pyridine rings is 1. The lowest BCUT2D eigenvalue weighted by molar-refractivity contribution is 0.100. The molecule has 4 rings (SSSR count). The van der Waals surface area contributed by atoms with Gasteiger partial charge < -0.3 is 5.73 Å². The Kier molecular flexibility index (Phi) is 3.31. The molecule has 0 atom stereocenters. The molecule has 116 valence electrons. The number of benzene rings is 2. The van der Waals surface area contributed by atoms with Crippen molar-refractivity contribution >= 4 is 16.8 Å². The van der Waals surface area contributed by atoms with Gasteiger partial charge in [-0.25, -0.2) is 0 Å². The second-order valence-electron chi connectivity index (χ2n) is 5.52. The average Bonchev–Trinajstić information content (AvgIpc) is 3.05. The van der Waals surface area contributed by atoms with Gasteiger partial charge in [0.2, 0.25) is 5.91 Å². The molecule has 2 heterocycles. The smallest absolute Gasteiger partial charge is 0.248 e. The number of H-pyrrole nitrogens is 1. The van der Waals surface area contributed by atoms with Crippen molar-refractivity contribution in [3.63, 3.8) is 0 Å². The van der Waals surface area contributed by atoms with E-state index >= 15 is 0 Å². The summed E-state index contributed by atoms with van der Waals surface area (Å²) < 4.78 is 0. The predicted molar refractivity (Wildman–Crippen MR) is 93.3 cm³/mol. The SMILES string of the molecule is NC(=O)c1cccc(-c2n[nH]c3ccc(-c4cccnc4)cc23)c1. The van der Waals surface area contributed by atoms with E-state index < -0.39 is 5.91 Å². The van der Waals surface area contributed by atoms with E-state index in [4.69, 9.17) is 5.73 Å². The van der Waals surface area contributed by atoms with E-state index in [0.717, 1.165) is 33.3 Å². The molecule has 5 nitrogen and oxygen atoms in total. The molecule has 5 heteroatoms. The van der Waals surface area contributed by atoms with Crippen LogP contribution in [0.3, 0.4) is 0 Å². The van der Waals surface area contributed by atoms with Crippen LogP contribution in [0, 0.1) is 0 Å². The molecule has 1 amide bonds. The second kappa shape index (κ2) is 5.62. The molecule has 0 fully saturated rings. The lowest BCUT2D eigenvalue weighted by Gasteiger charge is -2.03. The molecule has 2 aromatic carbocycles. The molecule has 3 N–H and O–H groups in total. The third-order valence-electron chi connectivity index (χ3n) is 3.98. The number of hydrogen-bond acceptors (Lipinski definition) is 3. The number of aromatic amines is 1. The number of primary amides is 1. The number of hydrogen-bond donors (Lipinski definition) is 2. The van der Waals surface area contributed by atoms with E-state index in [9.17, 15) is 4.79 Å². The Morgan fingerprint density at radius 1 is 0.958 bits per heavy atom. The van der Waals surface area contributed by atoms with Crippen molar-refractivity contribution < 1.29 is 4.79 Å². The van der Waals surface area contributed by atoms with Crippen LogP contribution in [0.1, 0.15) is 10.4 Å². The van der Waals surface area contributed by atoms with Crippen LogP contribution in [-0.4, -0.2) is 21.1 Å². The molecule has 24 heavy (non-hydrogen) atoms. The molecule has 0 radical (unpaired) electrons. The van der Waals surface area contributed by atoms with Gasteiger partial charge in [-0.15, -0.1) is 0 Å². The molecule has 0 aliphatic carbocycles. The van der Waals surface area contributed by atoms with E-state index in [1.807, 2.05) is 36.5 Å². The van der Waals surface area contributed by atoms with Gasteiger partial charge in [0.15, 0.2) is 0 Å². The first kappa shape index (κ1) is 14.1. The molecule has 0 bridgehead atoms. The van der Waals surface area contributed by atoms with Crippen LogP contribution >= 0.6 is 0 Å². The van der Waals surface area contributed by atoms with Crippen LogP contribution in [0.25, 0.3) is 33.3 Å². The third-order valence-corrected chi connectivity index (χ3v) is 3.98. The first-order valence-electron chi connectivity index (χ1n) is 7.51. The van der Waals surface area contributed by atoms with Crippen molar-refractivity contribution in [1.29, 1.82) is 0 Å². The van der Waals surface area contributed by atoms with Crippen LogP contribution in [-0.2, 0) is 0 Å². The standard InChI is InChI=1S/C19H14N4O/c20-19(24)14-4-1-3-13(9-14)18-16-10-12(6-7-17(16)22-23-18)15-5-2-8-21-11-15/h1-11H,(H2,20,24)(H,22,23). The summed E-state index contributed by atoms with van der Waals surface area (Å²) >= 11 is 0. The highest BCUT2D eigenvalue weighted by atomic mass is 16.1. The monoisotopic (exact) mass is 314 g/mol. The molecular weight excluding hydrogens is 300 g/mol. The number of carbonyl (C=O) groups excluding carboxylic acids is 1. The van der Waals surface area contributed by atoms with E-state index in [2.05, 4.69) is 21.2 Å². The van der Waals surface area contributed by atoms with Crippen molar-refractivity contribution in [2.24, 2.45) is 5.73 Å². The highest BCUT2D eigenvalue weighted by Crippen LogP contribution is 2.30. The maximum absolute atomic E-state index is 11.4. The van der Waals surface area contributed by atoms with Gasteiger partial charge in [0, 0.05) is 34.5 Å². The largest absolute Gasteiger partial charge is 0.366 e. The highest BCUT2D eigenvalue weighted by molar-refractivity contribution is 5.98. The average molecular weight is 314 g/mol. The summed E-state index contributed by atoms with van der Waals surface area (Å²) in [5, 5.41) is 8.42. The van der Waals surface area contributed by atoms with E-state index in [1.165, 1.54) is 0 Å². The molecule has 0 saturated carbocycles. The Hall–Kier alpha value is -3.47. The number of nitrogens with two attached hydrogens (primary N) is 1. The van der Waals surface area contributed by atoms with E-state index in [-0.39, 0.29) is 0 Å². The summed E-state index contributed by atoms with van der Waals surface area (Å²) in [4.78, 5) is 15.6. The highest BCUT2D eigenvalue weighted by Gasteiger charge is 2.11. The molecule has 2 aromatic heterocycles. The number of fused-ring (bicyclic) bond motifs is 1. The Balaban J connectivity index is 1.88. The van der Waals surface area contributed by atoms with Crippen molar-refractivity contribution in [3.05, 3.63) is 72.6 Å². The number of nitrogens with zero attached hydrogens (tertiary/aromatic N) is 2. The minimum Gasteiger partial charge on any atom is -0.366 e. The van der Waals surface area contributed by atoms with E-state index in [1.54, 1.807) is 24.4 Å². The fourth-order valence-electron chi connectivity index (χ4n) is 2.77. The second-order valence-corrected chi connectivity index (χ2v) is 5.52. The first-order valence-corrected chi connectivity index (χ1v) is 7.51. The summed E-state index contributed by atoms with van der Waals surface area (Å²) in [5.74, 6) is -0.451.